The highest BCUT2D eigenvalue weighted by Crippen LogP contribution is 2.06. The minimum atomic E-state index is -0.549. The number of carbonyl (C=O) groups is 2. The van der Waals surface area contributed by atoms with Gasteiger partial charge in [-0.05, 0) is 20.8 Å². The number of aromatic amines is 1. The standard InChI is InChI=1S/C10H15N3O3/c1-10(2,3)16-7(14)6-13-9(15)8-11-4-5-12-8/h4-5H,6H2,1-3H3,(H,11,12)(H,13,15). The van der Waals surface area contributed by atoms with Crippen molar-refractivity contribution in [3.8, 4) is 0 Å². The summed E-state index contributed by atoms with van der Waals surface area (Å²) in [5.41, 5.74) is -0.549. The highest BCUT2D eigenvalue weighted by Gasteiger charge is 2.17. The Morgan fingerprint density at radius 1 is 1.50 bits per heavy atom. The van der Waals surface area contributed by atoms with Crippen LogP contribution in [0.25, 0.3) is 0 Å². The molecule has 0 radical (unpaired) electrons. The molecule has 0 bridgehead atoms. The number of amides is 1. The van der Waals surface area contributed by atoms with Crippen LogP contribution in [0, 0.1) is 0 Å². The number of esters is 1. The molecule has 0 spiro atoms. The first-order valence-electron chi connectivity index (χ1n) is 4.88. The lowest BCUT2D eigenvalue weighted by molar-refractivity contribution is -0.153. The van der Waals surface area contributed by atoms with Crippen molar-refractivity contribution >= 4 is 11.9 Å². The molecule has 1 heterocycles. The van der Waals surface area contributed by atoms with Gasteiger partial charge >= 0.3 is 5.97 Å². The van der Waals surface area contributed by atoms with Crippen molar-refractivity contribution in [3.05, 3.63) is 18.2 Å². The van der Waals surface area contributed by atoms with E-state index in [4.69, 9.17) is 4.74 Å². The summed E-state index contributed by atoms with van der Waals surface area (Å²) >= 11 is 0. The summed E-state index contributed by atoms with van der Waals surface area (Å²) in [6.07, 6.45) is 2.99. The van der Waals surface area contributed by atoms with E-state index in [2.05, 4.69) is 15.3 Å². The number of aromatic nitrogens is 2. The minimum absolute atomic E-state index is 0.170. The molecule has 0 atom stereocenters. The molecule has 6 nitrogen and oxygen atoms in total. The zero-order chi connectivity index (χ0) is 12.2. The first kappa shape index (κ1) is 12.2. The van der Waals surface area contributed by atoms with Crippen LogP contribution >= 0.6 is 0 Å². The number of carbonyl (C=O) groups excluding carboxylic acids is 2. The molecule has 0 aliphatic carbocycles. The van der Waals surface area contributed by atoms with Crippen LogP contribution in [0.4, 0.5) is 0 Å². The van der Waals surface area contributed by atoms with Gasteiger partial charge in [-0.2, -0.15) is 0 Å². The van der Waals surface area contributed by atoms with Gasteiger partial charge in [0, 0.05) is 12.4 Å². The van der Waals surface area contributed by atoms with Crippen LogP contribution in [-0.2, 0) is 9.53 Å². The van der Waals surface area contributed by atoms with E-state index in [9.17, 15) is 9.59 Å². The first-order chi connectivity index (χ1) is 7.38. The molecule has 1 amide bonds. The summed E-state index contributed by atoms with van der Waals surface area (Å²) in [7, 11) is 0. The van der Waals surface area contributed by atoms with Crippen LogP contribution in [0.3, 0.4) is 0 Å². The predicted molar refractivity (Wildman–Crippen MR) is 56.8 cm³/mol. The SMILES string of the molecule is CC(C)(C)OC(=O)CNC(=O)c1ncc[nH]1. The lowest BCUT2D eigenvalue weighted by Gasteiger charge is -2.19. The molecule has 1 rings (SSSR count). The van der Waals surface area contributed by atoms with Crippen LogP contribution in [0.5, 0.6) is 0 Å². The molecule has 6 heteroatoms. The molecule has 0 saturated carbocycles. The van der Waals surface area contributed by atoms with E-state index < -0.39 is 17.5 Å². The third-order valence-corrected chi connectivity index (χ3v) is 1.53. The van der Waals surface area contributed by atoms with Gasteiger partial charge < -0.3 is 15.0 Å². The Hall–Kier alpha value is -1.85. The number of H-pyrrole nitrogens is 1. The third-order valence-electron chi connectivity index (χ3n) is 1.53. The summed E-state index contributed by atoms with van der Waals surface area (Å²) in [5.74, 6) is -0.744. The van der Waals surface area contributed by atoms with Crippen LogP contribution in [0.2, 0.25) is 0 Å². The quantitative estimate of drug-likeness (QED) is 0.733. The molecule has 1 aromatic rings. The van der Waals surface area contributed by atoms with Crippen LogP contribution in [0.15, 0.2) is 12.4 Å². The summed E-state index contributed by atoms with van der Waals surface area (Å²) in [6.45, 7) is 5.12. The first-order valence-corrected chi connectivity index (χ1v) is 4.88. The van der Waals surface area contributed by atoms with Crippen LogP contribution in [-0.4, -0.2) is 34.0 Å². The molecule has 0 aliphatic heterocycles. The van der Waals surface area contributed by atoms with Gasteiger partial charge in [0.2, 0.25) is 0 Å². The summed E-state index contributed by atoms with van der Waals surface area (Å²) < 4.78 is 5.02. The Kier molecular flexibility index (Phi) is 3.65. The molecule has 0 fully saturated rings. The van der Waals surface area contributed by atoms with E-state index in [-0.39, 0.29) is 12.4 Å². The summed E-state index contributed by atoms with van der Waals surface area (Å²) in [4.78, 5) is 29.0. The molecule has 0 saturated heterocycles. The Morgan fingerprint density at radius 3 is 2.69 bits per heavy atom. The van der Waals surface area contributed by atoms with Crippen molar-refractivity contribution < 1.29 is 14.3 Å². The van der Waals surface area contributed by atoms with E-state index in [1.807, 2.05) is 0 Å². The number of ether oxygens (including phenoxy) is 1. The second-order valence-electron chi connectivity index (χ2n) is 4.21. The highest BCUT2D eigenvalue weighted by atomic mass is 16.6. The average Bonchev–Trinajstić information content (AvgIpc) is 2.64. The zero-order valence-corrected chi connectivity index (χ0v) is 9.53. The third kappa shape index (κ3) is 4.12. The lowest BCUT2D eigenvalue weighted by atomic mass is 10.2. The van der Waals surface area contributed by atoms with Crippen molar-refractivity contribution in [2.45, 2.75) is 26.4 Å². The van der Waals surface area contributed by atoms with Gasteiger partial charge in [0.15, 0.2) is 5.82 Å². The molecule has 0 aromatic carbocycles. The number of nitrogens with one attached hydrogen (secondary N) is 2. The second-order valence-corrected chi connectivity index (χ2v) is 4.21. The van der Waals surface area contributed by atoms with Gasteiger partial charge in [-0.1, -0.05) is 0 Å². The molecule has 16 heavy (non-hydrogen) atoms. The fourth-order valence-electron chi connectivity index (χ4n) is 1.00. The second kappa shape index (κ2) is 4.78. The van der Waals surface area contributed by atoms with Crippen molar-refractivity contribution in [1.82, 2.24) is 15.3 Å². The monoisotopic (exact) mass is 225 g/mol. The topological polar surface area (TPSA) is 84.1 Å². The van der Waals surface area contributed by atoms with E-state index in [1.165, 1.54) is 12.4 Å². The van der Waals surface area contributed by atoms with Crippen molar-refractivity contribution in [2.75, 3.05) is 6.54 Å². The largest absolute Gasteiger partial charge is 0.459 e. The summed E-state index contributed by atoms with van der Waals surface area (Å²) in [5, 5.41) is 2.40. The van der Waals surface area contributed by atoms with Gasteiger partial charge in [-0.25, -0.2) is 4.98 Å². The molecule has 2 N–H and O–H groups in total. The maximum Gasteiger partial charge on any atom is 0.325 e. The Morgan fingerprint density at radius 2 is 2.19 bits per heavy atom. The molecule has 88 valence electrons. The highest BCUT2D eigenvalue weighted by molar-refractivity contribution is 5.92. The number of hydrogen-bond acceptors (Lipinski definition) is 4. The van der Waals surface area contributed by atoms with Crippen molar-refractivity contribution in [3.63, 3.8) is 0 Å². The molecule has 0 aliphatic rings. The van der Waals surface area contributed by atoms with Crippen molar-refractivity contribution in [2.24, 2.45) is 0 Å². The number of imidazole rings is 1. The minimum Gasteiger partial charge on any atom is -0.459 e. The Balaban J connectivity index is 2.35. The fourth-order valence-corrected chi connectivity index (χ4v) is 1.00. The normalized spacial score (nSPS) is 10.9. The fraction of sp³-hybridized carbons (Fsp3) is 0.500. The van der Waals surface area contributed by atoms with E-state index in [1.54, 1.807) is 20.8 Å². The van der Waals surface area contributed by atoms with E-state index in [0.29, 0.717) is 0 Å². The summed E-state index contributed by atoms with van der Waals surface area (Å²) in [6, 6.07) is 0. The molecule has 1 aromatic heterocycles. The van der Waals surface area contributed by atoms with E-state index in [0.717, 1.165) is 0 Å². The molecular formula is C10H15N3O3. The van der Waals surface area contributed by atoms with Gasteiger partial charge in [0.1, 0.15) is 12.1 Å². The van der Waals surface area contributed by atoms with Gasteiger partial charge in [-0.3, -0.25) is 9.59 Å². The lowest BCUT2D eigenvalue weighted by Crippen LogP contribution is -2.35. The van der Waals surface area contributed by atoms with Gasteiger partial charge in [0.25, 0.3) is 5.91 Å². The number of rotatable bonds is 3. The average molecular weight is 225 g/mol. The van der Waals surface area contributed by atoms with Gasteiger partial charge in [-0.15, -0.1) is 0 Å². The van der Waals surface area contributed by atoms with Gasteiger partial charge in [0.05, 0.1) is 0 Å². The Bertz CT molecular complexity index is 365. The number of hydrogen-bond donors (Lipinski definition) is 2. The van der Waals surface area contributed by atoms with Crippen LogP contribution < -0.4 is 5.32 Å². The predicted octanol–water partition coefficient (Wildman–Crippen LogP) is 0.481. The van der Waals surface area contributed by atoms with Crippen LogP contribution in [0.1, 0.15) is 31.4 Å². The van der Waals surface area contributed by atoms with E-state index >= 15 is 0 Å². The maximum atomic E-state index is 11.4. The number of nitrogens with zero attached hydrogens (tertiary/aromatic N) is 1. The smallest absolute Gasteiger partial charge is 0.325 e. The zero-order valence-electron chi connectivity index (χ0n) is 9.53. The Labute approximate surface area is 93.4 Å². The molecular weight excluding hydrogens is 210 g/mol. The van der Waals surface area contributed by atoms with Crippen molar-refractivity contribution in [1.29, 1.82) is 0 Å². The maximum absolute atomic E-state index is 11.4. The molecule has 0 unspecified atom stereocenters.